The predicted molar refractivity (Wildman–Crippen MR) is 107 cm³/mol. The molecular weight excluding hydrogens is 421 g/mol. The fourth-order valence-corrected chi connectivity index (χ4v) is 4.32. The molecule has 1 aliphatic heterocycles. The summed E-state index contributed by atoms with van der Waals surface area (Å²) in [7, 11) is 0. The minimum atomic E-state index is -0.569. The van der Waals surface area contributed by atoms with E-state index in [2.05, 4.69) is 5.32 Å². The van der Waals surface area contributed by atoms with Gasteiger partial charge in [0, 0.05) is 24.7 Å². The Kier molecular flexibility index (Phi) is 6.09. The molecule has 0 saturated carbocycles. The lowest BCUT2D eigenvalue weighted by atomic mass is 10.2. The molecule has 0 unspecified atom stereocenters. The second-order valence-electron chi connectivity index (χ2n) is 5.92. The fraction of sp³-hybridized carbons (Fsp3) is 0.167. The number of benzene rings is 1. The zero-order chi connectivity index (χ0) is 21.1. The molecule has 1 aliphatic rings. The SMILES string of the molecule is Cc1sc(C(=O)NCCN2C(=O)SC(=Cc3ccccc3F)C2=O)cc1[N+](=O)[O-]. The monoisotopic (exact) mass is 435 g/mol. The van der Waals surface area contributed by atoms with E-state index < -0.39 is 27.8 Å². The van der Waals surface area contributed by atoms with Crippen molar-refractivity contribution in [3.8, 4) is 0 Å². The van der Waals surface area contributed by atoms with Gasteiger partial charge in [0.05, 0.1) is 19.6 Å². The van der Waals surface area contributed by atoms with Crippen LogP contribution in [0.3, 0.4) is 0 Å². The lowest BCUT2D eigenvalue weighted by Gasteiger charge is -2.12. The van der Waals surface area contributed by atoms with Crippen LogP contribution < -0.4 is 5.32 Å². The highest BCUT2D eigenvalue weighted by atomic mass is 32.2. The number of nitro groups is 1. The highest BCUT2D eigenvalue weighted by Crippen LogP contribution is 2.32. The van der Waals surface area contributed by atoms with Crippen LogP contribution in [0.4, 0.5) is 14.9 Å². The number of aryl methyl sites for hydroxylation is 1. The molecule has 0 radical (unpaired) electrons. The van der Waals surface area contributed by atoms with Crippen molar-refractivity contribution in [2.75, 3.05) is 13.1 Å². The number of halogens is 1. The van der Waals surface area contributed by atoms with Crippen molar-refractivity contribution in [2.45, 2.75) is 6.92 Å². The van der Waals surface area contributed by atoms with Crippen LogP contribution in [0, 0.1) is 22.9 Å². The van der Waals surface area contributed by atoms with Crippen molar-refractivity contribution in [1.29, 1.82) is 0 Å². The Morgan fingerprint density at radius 2 is 2.07 bits per heavy atom. The van der Waals surface area contributed by atoms with E-state index >= 15 is 0 Å². The highest BCUT2D eigenvalue weighted by Gasteiger charge is 2.35. The fourth-order valence-electron chi connectivity index (χ4n) is 2.56. The number of nitrogens with zero attached hydrogens (tertiary/aromatic N) is 2. The summed E-state index contributed by atoms with van der Waals surface area (Å²) in [6.07, 6.45) is 1.31. The van der Waals surface area contributed by atoms with E-state index in [9.17, 15) is 28.9 Å². The Balaban J connectivity index is 1.61. The lowest BCUT2D eigenvalue weighted by Crippen LogP contribution is -2.37. The minimum absolute atomic E-state index is 0.0192. The molecule has 0 atom stereocenters. The molecule has 3 amide bonds. The number of thiophene rings is 1. The molecule has 150 valence electrons. The van der Waals surface area contributed by atoms with Crippen molar-refractivity contribution in [2.24, 2.45) is 0 Å². The van der Waals surface area contributed by atoms with Gasteiger partial charge in [-0.3, -0.25) is 29.4 Å². The number of rotatable bonds is 6. The van der Waals surface area contributed by atoms with Crippen molar-refractivity contribution in [3.63, 3.8) is 0 Å². The van der Waals surface area contributed by atoms with Gasteiger partial charge in [-0.2, -0.15) is 0 Å². The maximum atomic E-state index is 13.7. The van der Waals surface area contributed by atoms with E-state index in [1.165, 1.54) is 30.3 Å². The molecule has 11 heteroatoms. The number of amides is 3. The summed E-state index contributed by atoms with van der Waals surface area (Å²) in [5, 5.41) is 12.9. The number of carbonyl (C=O) groups excluding carboxylic acids is 3. The van der Waals surface area contributed by atoms with Crippen molar-refractivity contribution >= 4 is 51.9 Å². The molecule has 1 N–H and O–H groups in total. The molecule has 1 fully saturated rings. The number of imide groups is 1. The number of carbonyl (C=O) groups is 3. The Morgan fingerprint density at radius 1 is 1.34 bits per heavy atom. The highest BCUT2D eigenvalue weighted by molar-refractivity contribution is 8.18. The van der Waals surface area contributed by atoms with E-state index in [4.69, 9.17) is 0 Å². The second-order valence-corrected chi connectivity index (χ2v) is 8.17. The Hall–Kier alpha value is -3.05. The van der Waals surface area contributed by atoms with Gasteiger partial charge in [0.2, 0.25) is 0 Å². The van der Waals surface area contributed by atoms with Crippen LogP contribution >= 0.6 is 23.1 Å². The van der Waals surface area contributed by atoms with Gasteiger partial charge in [0.15, 0.2) is 0 Å². The molecule has 0 aliphatic carbocycles. The first-order chi connectivity index (χ1) is 13.8. The first-order valence-corrected chi connectivity index (χ1v) is 9.94. The molecule has 3 rings (SSSR count). The molecule has 0 bridgehead atoms. The molecule has 1 aromatic heterocycles. The summed E-state index contributed by atoms with van der Waals surface area (Å²) in [5.41, 5.74) is 0.0605. The van der Waals surface area contributed by atoms with E-state index in [0.29, 0.717) is 16.6 Å². The number of nitrogens with one attached hydrogen (secondary N) is 1. The minimum Gasteiger partial charge on any atom is -0.350 e. The molecule has 29 heavy (non-hydrogen) atoms. The maximum absolute atomic E-state index is 13.7. The van der Waals surface area contributed by atoms with Crippen LogP contribution in [0.15, 0.2) is 35.2 Å². The standard InChI is InChI=1S/C18H14FN3O5S2/c1-10-13(22(26)27)9-14(28-10)16(23)20-6-7-21-17(24)15(29-18(21)25)8-11-4-2-3-5-12(11)19/h2-5,8-9H,6-7H2,1H3,(H,20,23). The number of hydrogen-bond donors (Lipinski definition) is 1. The van der Waals surface area contributed by atoms with E-state index in [1.54, 1.807) is 13.0 Å². The van der Waals surface area contributed by atoms with Crippen molar-refractivity contribution < 1.29 is 23.7 Å². The lowest BCUT2D eigenvalue weighted by molar-refractivity contribution is -0.385. The van der Waals surface area contributed by atoms with Gasteiger partial charge in [-0.15, -0.1) is 11.3 Å². The molecule has 0 spiro atoms. The summed E-state index contributed by atoms with van der Waals surface area (Å²) in [4.78, 5) is 48.6. The van der Waals surface area contributed by atoms with Gasteiger partial charge in [-0.05, 0) is 30.8 Å². The van der Waals surface area contributed by atoms with Crippen molar-refractivity contribution in [3.05, 3.63) is 66.5 Å². The average molecular weight is 435 g/mol. The van der Waals surface area contributed by atoms with Gasteiger partial charge in [-0.1, -0.05) is 18.2 Å². The summed E-state index contributed by atoms with van der Waals surface area (Å²) < 4.78 is 13.7. The predicted octanol–water partition coefficient (Wildman–Crippen LogP) is 3.57. The molecule has 1 saturated heterocycles. The van der Waals surface area contributed by atoms with Crippen LogP contribution in [0.1, 0.15) is 20.1 Å². The van der Waals surface area contributed by atoms with Crippen LogP contribution in [0.2, 0.25) is 0 Å². The van der Waals surface area contributed by atoms with Gasteiger partial charge >= 0.3 is 0 Å². The Morgan fingerprint density at radius 3 is 2.72 bits per heavy atom. The van der Waals surface area contributed by atoms with E-state index in [0.717, 1.165) is 16.2 Å². The van der Waals surface area contributed by atoms with Gasteiger partial charge in [0.25, 0.3) is 22.7 Å². The molecule has 8 nitrogen and oxygen atoms in total. The average Bonchev–Trinajstić information content (AvgIpc) is 3.18. The third-order valence-corrected chi connectivity index (χ3v) is 5.94. The Labute approximate surface area is 172 Å². The van der Waals surface area contributed by atoms with E-state index in [1.807, 2.05) is 0 Å². The topological polar surface area (TPSA) is 110 Å². The summed E-state index contributed by atoms with van der Waals surface area (Å²) in [5.74, 6) is -1.60. The van der Waals surface area contributed by atoms with Crippen LogP contribution in [0.25, 0.3) is 6.08 Å². The van der Waals surface area contributed by atoms with Gasteiger partial charge < -0.3 is 5.32 Å². The third kappa shape index (κ3) is 4.51. The van der Waals surface area contributed by atoms with Crippen LogP contribution in [0.5, 0.6) is 0 Å². The van der Waals surface area contributed by atoms with E-state index in [-0.39, 0.29) is 34.1 Å². The third-order valence-electron chi connectivity index (χ3n) is 4.00. The summed E-state index contributed by atoms with van der Waals surface area (Å²) >= 11 is 1.68. The Bertz CT molecular complexity index is 1050. The first kappa shape index (κ1) is 20.7. The van der Waals surface area contributed by atoms with Gasteiger partial charge in [0.1, 0.15) is 5.82 Å². The smallest absolute Gasteiger partial charge is 0.293 e. The largest absolute Gasteiger partial charge is 0.350 e. The second kappa shape index (κ2) is 8.53. The zero-order valence-corrected chi connectivity index (χ0v) is 16.6. The number of thioether (sulfide) groups is 1. The van der Waals surface area contributed by atoms with Crippen LogP contribution in [-0.2, 0) is 4.79 Å². The molecule has 1 aromatic carbocycles. The normalized spacial score (nSPS) is 15.2. The molecule has 2 aromatic rings. The quantitative estimate of drug-likeness (QED) is 0.422. The maximum Gasteiger partial charge on any atom is 0.293 e. The molecular formula is C18H14FN3O5S2. The number of hydrogen-bond acceptors (Lipinski definition) is 7. The summed E-state index contributed by atoms with van der Waals surface area (Å²) in [6, 6.07) is 7.07. The zero-order valence-electron chi connectivity index (χ0n) is 15.0. The molecule has 2 heterocycles. The van der Waals surface area contributed by atoms with Gasteiger partial charge in [-0.25, -0.2) is 4.39 Å². The first-order valence-electron chi connectivity index (χ1n) is 8.31. The van der Waals surface area contributed by atoms with Crippen LogP contribution in [-0.4, -0.2) is 40.0 Å². The van der Waals surface area contributed by atoms with Crippen molar-refractivity contribution in [1.82, 2.24) is 10.2 Å². The summed E-state index contributed by atoms with van der Waals surface area (Å²) in [6.45, 7) is 1.45.